The second-order valence-corrected chi connectivity index (χ2v) is 2.25. The molecule has 0 spiro atoms. The summed E-state index contributed by atoms with van der Waals surface area (Å²) >= 11 is 0. The van der Waals surface area contributed by atoms with E-state index < -0.39 is 0 Å². The molecule has 70 valence electrons. The van der Waals surface area contributed by atoms with Crippen LogP contribution in [0, 0.1) is 0 Å². The van der Waals surface area contributed by atoms with Gasteiger partial charge in [-0.3, -0.25) is 0 Å². The summed E-state index contributed by atoms with van der Waals surface area (Å²) in [5, 5.41) is 7.99. The molecular weight excluding hydrogens is 142 g/mol. The van der Waals surface area contributed by atoms with Gasteiger partial charge in [0.1, 0.15) is 0 Å². The lowest BCUT2D eigenvalue weighted by atomic mass is 10.4. The molecule has 0 bridgehead atoms. The molecule has 3 heteroatoms. The van der Waals surface area contributed by atoms with E-state index in [2.05, 4.69) is 13.8 Å². The Morgan fingerprint density at radius 1 is 1.27 bits per heavy atom. The van der Waals surface area contributed by atoms with Crippen LogP contribution in [0.5, 0.6) is 0 Å². The van der Waals surface area contributed by atoms with Crippen LogP contribution < -0.4 is 5.48 Å². The second kappa shape index (κ2) is 16.5. The van der Waals surface area contributed by atoms with E-state index in [1.54, 1.807) is 7.11 Å². The van der Waals surface area contributed by atoms with E-state index in [-0.39, 0.29) is 0 Å². The fourth-order valence-electron chi connectivity index (χ4n) is 0.296. The van der Waals surface area contributed by atoms with Crippen LogP contribution in [0.3, 0.4) is 0 Å². The molecule has 0 atom stereocenters. The molecule has 0 fully saturated rings. The van der Waals surface area contributed by atoms with Crippen molar-refractivity contribution in [2.24, 2.45) is 0 Å². The molecule has 0 saturated carbocycles. The topological polar surface area (TPSA) is 41.5 Å². The number of hydrogen-bond donors (Lipinski definition) is 2. The van der Waals surface area contributed by atoms with E-state index >= 15 is 0 Å². The van der Waals surface area contributed by atoms with Crippen LogP contribution >= 0.6 is 0 Å². The van der Waals surface area contributed by atoms with Crippen molar-refractivity contribution in [1.29, 1.82) is 0 Å². The quantitative estimate of drug-likeness (QED) is 0.480. The molecule has 0 unspecified atom stereocenters. The number of methoxy groups -OCH3 is 1. The minimum Gasteiger partial charge on any atom is -0.385 e. The molecule has 0 aromatic heterocycles. The molecule has 0 amide bonds. The van der Waals surface area contributed by atoms with E-state index in [9.17, 15) is 0 Å². The molecular formula is C8H21NO2. The standard InChI is InChI=1S/C4H11NO2.C4H10/c1-7-4-2-3-5-6;1-3-4-2/h5-6H,2-4H2,1H3;3-4H2,1-2H3. The average molecular weight is 163 g/mol. The van der Waals surface area contributed by atoms with Crippen LogP contribution in [-0.2, 0) is 4.74 Å². The predicted octanol–water partition coefficient (Wildman–Crippen LogP) is 1.81. The van der Waals surface area contributed by atoms with Gasteiger partial charge in [0, 0.05) is 20.3 Å². The van der Waals surface area contributed by atoms with Gasteiger partial charge < -0.3 is 9.94 Å². The lowest BCUT2D eigenvalue weighted by Gasteiger charge is -1.93. The van der Waals surface area contributed by atoms with Crippen molar-refractivity contribution in [3.05, 3.63) is 0 Å². The highest BCUT2D eigenvalue weighted by Crippen LogP contribution is 1.76. The maximum Gasteiger partial charge on any atom is 0.0475 e. The minimum absolute atomic E-state index is 0.605. The summed E-state index contributed by atoms with van der Waals surface area (Å²) in [5.41, 5.74) is 2.02. The van der Waals surface area contributed by atoms with Crippen molar-refractivity contribution in [1.82, 2.24) is 5.48 Å². The Balaban J connectivity index is 0. The van der Waals surface area contributed by atoms with Crippen LogP contribution in [0.4, 0.5) is 0 Å². The van der Waals surface area contributed by atoms with Crippen LogP contribution in [0.1, 0.15) is 33.1 Å². The van der Waals surface area contributed by atoms with Crippen molar-refractivity contribution < 1.29 is 9.94 Å². The predicted molar refractivity (Wildman–Crippen MR) is 46.9 cm³/mol. The fourth-order valence-corrected chi connectivity index (χ4v) is 0.296. The molecule has 0 aromatic carbocycles. The summed E-state index contributed by atoms with van der Waals surface area (Å²) in [5.74, 6) is 0. The summed E-state index contributed by atoms with van der Waals surface area (Å²) in [6.07, 6.45) is 3.49. The number of hydroxylamine groups is 1. The normalized spacial score (nSPS) is 8.73. The van der Waals surface area contributed by atoms with E-state index in [1.165, 1.54) is 12.8 Å². The van der Waals surface area contributed by atoms with Gasteiger partial charge in [-0.25, -0.2) is 5.48 Å². The minimum atomic E-state index is 0.605. The van der Waals surface area contributed by atoms with Crippen molar-refractivity contribution in [3.8, 4) is 0 Å². The second-order valence-electron chi connectivity index (χ2n) is 2.25. The number of nitrogens with one attached hydrogen (secondary N) is 1. The first-order valence-corrected chi connectivity index (χ1v) is 4.19. The van der Waals surface area contributed by atoms with Crippen LogP contribution in [0.25, 0.3) is 0 Å². The number of unbranched alkanes of at least 4 members (excludes halogenated alkanes) is 1. The third-order valence-corrected chi connectivity index (χ3v) is 1.14. The molecule has 0 aromatic rings. The molecule has 3 nitrogen and oxygen atoms in total. The summed E-state index contributed by atoms with van der Waals surface area (Å²) in [4.78, 5) is 0. The fraction of sp³-hybridized carbons (Fsp3) is 1.00. The summed E-state index contributed by atoms with van der Waals surface area (Å²) < 4.78 is 4.69. The van der Waals surface area contributed by atoms with Crippen molar-refractivity contribution >= 4 is 0 Å². The highest BCUT2D eigenvalue weighted by atomic mass is 16.5. The van der Waals surface area contributed by atoms with Gasteiger partial charge in [-0.05, 0) is 6.42 Å². The number of ether oxygens (including phenoxy) is 1. The zero-order valence-electron chi connectivity index (χ0n) is 7.89. The van der Waals surface area contributed by atoms with Gasteiger partial charge in [0.05, 0.1) is 0 Å². The molecule has 0 aliphatic heterocycles. The van der Waals surface area contributed by atoms with Gasteiger partial charge in [-0.15, -0.1) is 0 Å². The zero-order valence-corrected chi connectivity index (χ0v) is 7.89. The van der Waals surface area contributed by atoms with E-state index in [4.69, 9.17) is 9.94 Å². The van der Waals surface area contributed by atoms with Gasteiger partial charge in [0.2, 0.25) is 0 Å². The highest BCUT2D eigenvalue weighted by molar-refractivity contribution is 4.32. The van der Waals surface area contributed by atoms with Crippen molar-refractivity contribution in [2.45, 2.75) is 33.1 Å². The Morgan fingerprint density at radius 2 is 1.82 bits per heavy atom. The molecule has 0 aliphatic rings. The van der Waals surface area contributed by atoms with Gasteiger partial charge in [0.15, 0.2) is 0 Å². The SMILES string of the molecule is CCCC.COCCCNO. The monoisotopic (exact) mass is 163 g/mol. The highest BCUT2D eigenvalue weighted by Gasteiger charge is 1.79. The van der Waals surface area contributed by atoms with E-state index in [1.807, 2.05) is 5.48 Å². The Morgan fingerprint density at radius 3 is 2.09 bits per heavy atom. The van der Waals surface area contributed by atoms with Crippen LogP contribution in [-0.4, -0.2) is 25.5 Å². The first kappa shape index (κ1) is 13.5. The summed E-state index contributed by atoms with van der Waals surface area (Å²) in [6.45, 7) is 5.67. The average Bonchev–Trinajstić information content (AvgIpc) is 2.06. The van der Waals surface area contributed by atoms with Gasteiger partial charge in [-0.1, -0.05) is 26.7 Å². The third kappa shape index (κ3) is 25.8. The smallest absolute Gasteiger partial charge is 0.0475 e. The van der Waals surface area contributed by atoms with E-state index in [0.29, 0.717) is 13.2 Å². The first-order chi connectivity index (χ1) is 5.33. The van der Waals surface area contributed by atoms with Gasteiger partial charge in [-0.2, -0.15) is 0 Å². The molecule has 0 aliphatic carbocycles. The van der Waals surface area contributed by atoms with Crippen LogP contribution in [0.15, 0.2) is 0 Å². The van der Waals surface area contributed by atoms with Crippen molar-refractivity contribution in [3.63, 3.8) is 0 Å². The molecule has 11 heavy (non-hydrogen) atoms. The van der Waals surface area contributed by atoms with E-state index in [0.717, 1.165) is 6.42 Å². The maximum absolute atomic E-state index is 7.99. The van der Waals surface area contributed by atoms with Crippen LogP contribution in [0.2, 0.25) is 0 Å². The Kier molecular flexibility index (Phi) is 20.2. The summed E-state index contributed by atoms with van der Waals surface area (Å²) in [7, 11) is 1.64. The lowest BCUT2D eigenvalue weighted by molar-refractivity contribution is 0.141. The number of rotatable bonds is 5. The lowest BCUT2D eigenvalue weighted by Crippen LogP contribution is -2.10. The Hall–Kier alpha value is -0.120. The molecule has 0 radical (unpaired) electrons. The van der Waals surface area contributed by atoms with Gasteiger partial charge >= 0.3 is 0 Å². The molecule has 0 heterocycles. The maximum atomic E-state index is 7.99. The first-order valence-electron chi connectivity index (χ1n) is 4.19. The molecule has 0 saturated heterocycles. The zero-order chi connectivity index (χ0) is 8.95. The molecule has 0 rings (SSSR count). The number of hydrogen-bond acceptors (Lipinski definition) is 3. The van der Waals surface area contributed by atoms with Gasteiger partial charge in [0.25, 0.3) is 0 Å². The largest absolute Gasteiger partial charge is 0.385 e. The summed E-state index contributed by atoms with van der Waals surface area (Å²) in [6, 6.07) is 0. The van der Waals surface area contributed by atoms with Crippen molar-refractivity contribution in [2.75, 3.05) is 20.3 Å². The third-order valence-electron chi connectivity index (χ3n) is 1.14. The molecule has 2 N–H and O–H groups in total. The Labute approximate surface area is 69.7 Å². The Bertz CT molecular complexity index is 45.4.